The Bertz CT molecular complexity index is 1120. The number of aryl methyl sites for hydroxylation is 1. The number of esters is 1. The maximum atomic E-state index is 11.9. The van der Waals surface area contributed by atoms with E-state index >= 15 is 0 Å². The topological polar surface area (TPSA) is 92.4 Å². The fourth-order valence-corrected chi connectivity index (χ4v) is 3.93. The largest absolute Gasteiger partial charge is 0.480 e. The van der Waals surface area contributed by atoms with Crippen molar-refractivity contribution in [3.05, 3.63) is 40.8 Å². The van der Waals surface area contributed by atoms with Crippen LogP contribution in [-0.4, -0.2) is 52.6 Å². The van der Waals surface area contributed by atoms with Crippen LogP contribution in [-0.2, 0) is 16.1 Å². The second kappa shape index (κ2) is 13.3. The fraction of sp³-hybridized carbons (Fsp3) is 0.500. The SMILES string of the molecule is CCCCCN(C)Cc1c[nH]c2nc(C)nc(Nc3ccc(Cl)c(OCC(=O)OCCCC)c3)c12. The molecule has 0 aliphatic heterocycles. The molecule has 2 N–H and O–H groups in total. The number of nitrogens with one attached hydrogen (secondary N) is 2. The van der Waals surface area contributed by atoms with Crippen LogP contribution in [0.2, 0.25) is 5.02 Å². The smallest absolute Gasteiger partial charge is 0.344 e. The Kier molecular flexibility index (Phi) is 10.2. The van der Waals surface area contributed by atoms with Crippen LogP contribution in [0.25, 0.3) is 11.0 Å². The van der Waals surface area contributed by atoms with Crippen molar-refractivity contribution in [1.29, 1.82) is 0 Å². The van der Waals surface area contributed by atoms with Crippen LogP contribution in [0.3, 0.4) is 0 Å². The predicted molar refractivity (Wildman–Crippen MR) is 141 cm³/mol. The lowest BCUT2D eigenvalue weighted by molar-refractivity contribution is -0.146. The van der Waals surface area contributed by atoms with Gasteiger partial charge in [-0.2, -0.15) is 0 Å². The predicted octanol–water partition coefficient (Wildman–Crippen LogP) is 6.01. The highest BCUT2D eigenvalue weighted by Gasteiger charge is 2.15. The van der Waals surface area contributed by atoms with Crippen molar-refractivity contribution in [2.75, 3.05) is 32.1 Å². The lowest BCUT2D eigenvalue weighted by atomic mass is 10.2. The van der Waals surface area contributed by atoms with Gasteiger partial charge in [-0.25, -0.2) is 14.8 Å². The standard InChI is InChI=1S/C26H36ClN5O3/c1-5-7-9-12-32(4)16-19-15-28-25-24(19)26(30-18(3)29-25)31-20-10-11-21(27)22(14-20)35-17-23(33)34-13-8-6-2/h10-11,14-15H,5-9,12-13,16-17H2,1-4H3,(H2,28,29,30,31). The van der Waals surface area contributed by atoms with Crippen LogP contribution in [0.5, 0.6) is 5.75 Å². The molecular weight excluding hydrogens is 466 g/mol. The Hall–Kier alpha value is -2.84. The quantitative estimate of drug-likeness (QED) is 0.206. The van der Waals surface area contributed by atoms with Gasteiger partial charge in [0, 0.05) is 24.5 Å². The van der Waals surface area contributed by atoms with Crippen molar-refractivity contribution in [3.63, 3.8) is 0 Å². The molecule has 0 bridgehead atoms. The molecule has 3 aromatic rings. The minimum Gasteiger partial charge on any atom is -0.480 e. The maximum Gasteiger partial charge on any atom is 0.344 e. The third-order valence-corrected chi connectivity index (χ3v) is 5.92. The number of nitrogens with zero attached hydrogens (tertiary/aromatic N) is 3. The average molecular weight is 502 g/mol. The van der Waals surface area contributed by atoms with Crippen molar-refractivity contribution in [3.8, 4) is 5.75 Å². The summed E-state index contributed by atoms with van der Waals surface area (Å²) in [4.78, 5) is 26.8. The summed E-state index contributed by atoms with van der Waals surface area (Å²) in [6.07, 6.45) is 7.40. The van der Waals surface area contributed by atoms with Gasteiger partial charge in [0.1, 0.15) is 23.0 Å². The Morgan fingerprint density at radius 3 is 2.74 bits per heavy atom. The molecule has 2 heterocycles. The maximum absolute atomic E-state index is 11.9. The molecule has 9 heteroatoms. The number of rotatable bonds is 14. The van der Waals surface area contributed by atoms with Gasteiger partial charge in [0.2, 0.25) is 0 Å². The molecule has 0 aliphatic rings. The first-order valence-electron chi connectivity index (χ1n) is 12.3. The van der Waals surface area contributed by atoms with Crippen LogP contribution < -0.4 is 10.1 Å². The summed E-state index contributed by atoms with van der Waals surface area (Å²) >= 11 is 6.31. The first-order valence-corrected chi connectivity index (χ1v) is 12.7. The van der Waals surface area contributed by atoms with Gasteiger partial charge in [0.25, 0.3) is 0 Å². The number of carbonyl (C=O) groups excluding carboxylic acids is 1. The molecule has 3 rings (SSSR count). The molecule has 2 aromatic heterocycles. The zero-order valence-electron chi connectivity index (χ0n) is 21.1. The van der Waals surface area contributed by atoms with E-state index in [-0.39, 0.29) is 6.61 Å². The second-order valence-corrected chi connectivity index (χ2v) is 9.14. The molecular formula is C26H36ClN5O3. The van der Waals surface area contributed by atoms with E-state index in [0.717, 1.165) is 48.2 Å². The number of hydrogen-bond donors (Lipinski definition) is 2. The van der Waals surface area contributed by atoms with Gasteiger partial charge < -0.3 is 24.7 Å². The van der Waals surface area contributed by atoms with Crippen LogP contribution in [0.1, 0.15) is 57.3 Å². The number of halogens is 1. The monoisotopic (exact) mass is 501 g/mol. The van der Waals surface area contributed by atoms with E-state index < -0.39 is 5.97 Å². The third-order valence-electron chi connectivity index (χ3n) is 5.61. The second-order valence-electron chi connectivity index (χ2n) is 8.73. The number of H-pyrrole nitrogens is 1. The molecule has 190 valence electrons. The van der Waals surface area contributed by atoms with Crippen LogP contribution in [0.4, 0.5) is 11.5 Å². The normalized spacial score (nSPS) is 11.3. The summed E-state index contributed by atoms with van der Waals surface area (Å²) in [5.74, 6) is 1.35. The van der Waals surface area contributed by atoms with Gasteiger partial charge >= 0.3 is 5.97 Å². The zero-order valence-corrected chi connectivity index (χ0v) is 21.9. The van der Waals surface area contributed by atoms with Crippen LogP contribution in [0, 0.1) is 6.92 Å². The van der Waals surface area contributed by atoms with Gasteiger partial charge in [-0.3, -0.25) is 0 Å². The lowest BCUT2D eigenvalue weighted by Gasteiger charge is -2.17. The molecule has 8 nitrogen and oxygen atoms in total. The number of hydrogen-bond acceptors (Lipinski definition) is 7. The fourth-order valence-electron chi connectivity index (χ4n) is 3.76. The third kappa shape index (κ3) is 7.83. The highest BCUT2D eigenvalue weighted by molar-refractivity contribution is 6.32. The number of benzene rings is 1. The van der Waals surface area contributed by atoms with E-state index in [1.54, 1.807) is 12.1 Å². The van der Waals surface area contributed by atoms with Gasteiger partial charge in [0.15, 0.2) is 6.61 Å². The number of carbonyl (C=O) groups is 1. The molecule has 0 aliphatic carbocycles. The molecule has 0 radical (unpaired) electrons. The van der Waals surface area contributed by atoms with Crippen LogP contribution >= 0.6 is 11.6 Å². The van der Waals surface area contributed by atoms with Crippen molar-refractivity contribution in [1.82, 2.24) is 19.9 Å². The molecule has 0 saturated carbocycles. The van der Waals surface area contributed by atoms with Gasteiger partial charge in [-0.1, -0.05) is 44.7 Å². The minimum absolute atomic E-state index is 0.198. The summed E-state index contributed by atoms with van der Waals surface area (Å²) < 4.78 is 10.8. The first kappa shape index (κ1) is 26.8. The summed E-state index contributed by atoms with van der Waals surface area (Å²) in [6.45, 7) is 8.14. The highest BCUT2D eigenvalue weighted by atomic mass is 35.5. The number of ether oxygens (including phenoxy) is 2. The van der Waals surface area contributed by atoms with Gasteiger partial charge in [-0.15, -0.1) is 0 Å². The molecule has 0 spiro atoms. The number of unbranched alkanes of at least 4 members (excludes halogenated alkanes) is 3. The van der Waals surface area contributed by atoms with Gasteiger partial charge in [0.05, 0.1) is 17.0 Å². The highest BCUT2D eigenvalue weighted by Crippen LogP contribution is 2.32. The molecule has 0 unspecified atom stereocenters. The molecule has 0 amide bonds. The Morgan fingerprint density at radius 2 is 1.97 bits per heavy atom. The summed E-state index contributed by atoms with van der Waals surface area (Å²) in [5, 5.41) is 4.76. The molecule has 35 heavy (non-hydrogen) atoms. The number of fused-ring (bicyclic) bond motifs is 1. The van der Waals surface area contributed by atoms with Crippen molar-refractivity contribution >= 4 is 40.1 Å². The first-order chi connectivity index (χ1) is 16.9. The number of aromatic nitrogens is 3. The van der Waals surface area contributed by atoms with Crippen molar-refractivity contribution in [2.45, 2.75) is 59.4 Å². The Balaban J connectivity index is 1.76. The summed E-state index contributed by atoms with van der Waals surface area (Å²) in [6, 6.07) is 5.34. The average Bonchev–Trinajstić information content (AvgIpc) is 3.22. The lowest BCUT2D eigenvalue weighted by Crippen LogP contribution is -2.19. The van der Waals surface area contributed by atoms with E-state index in [1.807, 2.05) is 26.1 Å². The Morgan fingerprint density at radius 1 is 1.17 bits per heavy atom. The number of aromatic amines is 1. The molecule has 1 aromatic carbocycles. The van der Waals surface area contributed by atoms with Crippen molar-refractivity contribution < 1.29 is 14.3 Å². The summed E-state index contributed by atoms with van der Waals surface area (Å²) in [7, 11) is 2.13. The Labute approximate surface area is 212 Å². The van der Waals surface area contributed by atoms with Crippen molar-refractivity contribution in [2.24, 2.45) is 0 Å². The molecule has 0 saturated heterocycles. The number of anilines is 2. The van der Waals surface area contributed by atoms with E-state index in [0.29, 0.717) is 29.0 Å². The van der Waals surface area contributed by atoms with E-state index in [1.165, 1.54) is 19.3 Å². The van der Waals surface area contributed by atoms with Crippen LogP contribution in [0.15, 0.2) is 24.4 Å². The van der Waals surface area contributed by atoms with E-state index in [2.05, 4.69) is 39.1 Å². The zero-order chi connectivity index (χ0) is 25.2. The summed E-state index contributed by atoms with van der Waals surface area (Å²) in [5.41, 5.74) is 2.66. The minimum atomic E-state index is -0.416. The van der Waals surface area contributed by atoms with E-state index in [9.17, 15) is 4.79 Å². The molecule has 0 atom stereocenters. The molecule has 0 fully saturated rings. The van der Waals surface area contributed by atoms with E-state index in [4.69, 9.17) is 21.1 Å². The van der Waals surface area contributed by atoms with Gasteiger partial charge in [-0.05, 0) is 51.1 Å².